The number of carbonyl (C=O) groups is 1. The van der Waals surface area contributed by atoms with Crippen molar-refractivity contribution in [3.05, 3.63) is 61.0 Å². The van der Waals surface area contributed by atoms with Crippen LogP contribution < -0.4 is 11.1 Å². The van der Waals surface area contributed by atoms with Crippen molar-refractivity contribution >= 4 is 54.8 Å². The molecule has 0 aliphatic heterocycles. The molecule has 0 saturated heterocycles. The van der Waals surface area contributed by atoms with Gasteiger partial charge in [0.05, 0.1) is 16.2 Å². The number of anilines is 2. The number of nitrogens with one attached hydrogen (secondary N) is 1. The van der Waals surface area contributed by atoms with Crippen LogP contribution in [0.25, 0.3) is 0 Å². The van der Waals surface area contributed by atoms with Crippen LogP contribution in [-0.4, -0.2) is 10.8 Å². The van der Waals surface area contributed by atoms with Gasteiger partial charge in [0.25, 0.3) is 11.6 Å². The monoisotopic (exact) mass is 413 g/mol. The summed E-state index contributed by atoms with van der Waals surface area (Å²) in [5, 5.41) is 13.4. The molecule has 2 rings (SSSR count). The predicted octanol–water partition coefficient (Wildman–Crippen LogP) is 3.95. The normalized spacial score (nSPS) is 10.2. The van der Waals surface area contributed by atoms with Crippen LogP contribution in [0.15, 0.2) is 45.3 Å². The highest BCUT2D eigenvalue weighted by Gasteiger charge is 2.16. The van der Waals surface area contributed by atoms with Crippen molar-refractivity contribution in [2.45, 2.75) is 0 Å². The Hall–Kier alpha value is -1.93. The molecule has 0 bridgehead atoms. The molecule has 0 aliphatic rings. The SMILES string of the molecule is Nc1ccc([N+](=O)[O-])cc1C(=O)Nc1cc(Br)ccc1Br. The van der Waals surface area contributed by atoms with Crippen molar-refractivity contribution in [1.82, 2.24) is 0 Å². The topological polar surface area (TPSA) is 98.3 Å². The summed E-state index contributed by atoms with van der Waals surface area (Å²) in [5.41, 5.74) is 6.27. The number of nitrogen functional groups attached to an aromatic ring is 1. The fourth-order valence-electron chi connectivity index (χ4n) is 1.64. The third-order valence-corrected chi connectivity index (χ3v) is 3.85. The van der Waals surface area contributed by atoms with Crippen molar-refractivity contribution in [3.63, 3.8) is 0 Å². The summed E-state index contributed by atoms with van der Waals surface area (Å²) in [6, 6.07) is 9.01. The average Bonchev–Trinajstić information content (AvgIpc) is 2.43. The number of non-ortho nitro benzene ring substituents is 1. The van der Waals surface area contributed by atoms with Gasteiger partial charge in [0.1, 0.15) is 0 Å². The highest BCUT2D eigenvalue weighted by molar-refractivity contribution is 9.11. The molecule has 0 unspecified atom stereocenters. The molecule has 21 heavy (non-hydrogen) atoms. The van der Waals surface area contributed by atoms with Gasteiger partial charge in [-0.25, -0.2) is 0 Å². The molecular weight excluding hydrogens is 406 g/mol. The summed E-state index contributed by atoms with van der Waals surface area (Å²) >= 11 is 6.61. The molecule has 0 spiro atoms. The van der Waals surface area contributed by atoms with Crippen LogP contribution in [0, 0.1) is 10.1 Å². The molecule has 0 fully saturated rings. The minimum absolute atomic E-state index is 0.0519. The second kappa shape index (κ2) is 6.23. The highest BCUT2D eigenvalue weighted by Crippen LogP contribution is 2.27. The van der Waals surface area contributed by atoms with E-state index in [1.54, 1.807) is 12.1 Å². The van der Waals surface area contributed by atoms with Crippen LogP contribution in [-0.2, 0) is 0 Å². The molecule has 0 aliphatic carbocycles. The number of nitro benzene ring substituents is 1. The van der Waals surface area contributed by atoms with E-state index in [1.807, 2.05) is 6.07 Å². The van der Waals surface area contributed by atoms with E-state index < -0.39 is 10.8 Å². The van der Waals surface area contributed by atoms with E-state index in [4.69, 9.17) is 5.73 Å². The van der Waals surface area contributed by atoms with Gasteiger partial charge in [-0.2, -0.15) is 0 Å². The molecule has 2 aromatic rings. The quantitative estimate of drug-likeness (QED) is 0.451. The number of nitrogens with two attached hydrogens (primary N) is 1. The summed E-state index contributed by atoms with van der Waals surface area (Å²) in [7, 11) is 0. The maximum absolute atomic E-state index is 12.2. The molecule has 0 radical (unpaired) electrons. The highest BCUT2D eigenvalue weighted by atomic mass is 79.9. The van der Waals surface area contributed by atoms with Crippen molar-refractivity contribution in [3.8, 4) is 0 Å². The first-order chi connectivity index (χ1) is 9.88. The standard InChI is InChI=1S/C13H9Br2N3O3/c14-7-1-3-10(15)12(5-7)17-13(19)9-6-8(18(20)21)2-4-11(9)16/h1-6H,16H2,(H,17,19). The minimum Gasteiger partial charge on any atom is -0.398 e. The van der Waals surface area contributed by atoms with Crippen LogP contribution in [0.5, 0.6) is 0 Å². The summed E-state index contributed by atoms with van der Waals surface area (Å²) in [5.74, 6) is -0.519. The van der Waals surface area contributed by atoms with Crippen LogP contribution in [0.1, 0.15) is 10.4 Å². The summed E-state index contributed by atoms with van der Waals surface area (Å²) < 4.78 is 1.47. The number of halogens is 2. The van der Waals surface area contributed by atoms with Gasteiger partial charge in [-0.15, -0.1) is 0 Å². The Labute approximate surface area is 136 Å². The fourth-order valence-corrected chi connectivity index (χ4v) is 2.34. The van der Waals surface area contributed by atoms with Crippen molar-refractivity contribution in [2.75, 3.05) is 11.1 Å². The lowest BCUT2D eigenvalue weighted by Crippen LogP contribution is -2.14. The first-order valence-electron chi connectivity index (χ1n) is 5.69. The molecule has 0 saturated carbocycles. The number of carbonyl (C=O) groups excluding carboxylic acids is 1. The van der Waals surface area contributed by atoms with E-state index in [0.29, 0.717) is 10.2 Å². The molecule has 0 aromatic heterocycles. The number of amides is 1. The number of benzene rings is 2. The molecule has 108 valence electrons. The average molecular weight is 415 g/mol. The number of rotatable bonds is 3. The largest absolute Gasteiger partial charge is 0.398 e. The Balaban J connectivity index is 2.34. The van der Waals surface area contributed by atoms with Gasteiger partial charge < -0.3 is 11.1 Å². The van der Waals surface area contributed by atoms with Gasteiger partial charge in [0, 0.05) is 26.8 Å². The van der Waals surface area contributed by atoms with E-state index in [-0.39, 0.29) is 16.9 Å². The Kier molecular flexibility index (Phi) is 4.59. The minimum atomic E-state index is -0.578. The summed E-state index contributed by atoms with van der Waals surface area (Å²) in [6.45, 7) is 0. The van der Waals surface area contributed by atoms with Gasteiger partial charge >= 0.3 is 0 Å². The molecule has 3 N–H and O–H groups in total. The lowest BCUT2D eigenvalue weighted by atomic mass is 10.1. The molecule has 6 nitrogen and oxygen atoms in total. The Morgan fingerprint density at radius 2 is 1.90 bits per heavy atom. The van der Waals surface area contributed by atoms with Crippen molar-refractivity contribution in [2.24, 2.45) is 0 Å². The van der Waals surface area contributed by atoms with E-state index in [2.05, 4.69) is 37.2 Å². The van der Waals surface area contributed by atoms with E-state index in [0.717, 1.165) is 10.5 Å². The Morgan fingerprint density at radius 3 is 2.57 bits per heavy atom. The van der Waals surface area contributed by atoms with Crippen LogP contribution in [0.4, 0.5) is 17.1 Å². The Morgan fingerprint density at radius 1 is 1.19 bits per heavy atom. The lowest BCUT2D eigenvalue weighted by molar-refractivity contribution is -0.384. The summed E-state index contributed by atoms with van der Waals surface area (Å²) in [6.07, 6.45) is 0. The van der Waals surface area contributed by atoms with Crippen LogP contribution in [0.3, 0.4) is 0 Å². The smallest absolute Gasteiger partial charge is 0.270 e. The van der Waals surface area contributed by atoms with Crippen molar-refractivity contribution < 1.29 is 9.72 Å². The maximum Gasteiger partial charge on any atom is 0.270 e. The van der Waals surface area contributed by atoms with E-state index in [1.165, 1.54) is 12.1 Å². The van der Waals surface area contributed by atoms with Gasteiger partial charge in [-0.05, 0) is 40.2 Å². The second-order valence-electron chi connectivity index (χ2n) is 4.11. The Bertz CT molecular complexity index is 735. The first-order valence-corrected chi connectivity index (χ1v) is 7.27. The fraction of sp³-hybridized carbons (Fsp3) is 0. The third kappa shape index (κ3) is 3.59. The van der Waals surface area contributed by atoms with Crippen LogP contribution >= 0.6 is 31.9 Å². The number of hydrogen-bond acceptors (Lipinski definition) is 4. The predicted molar refractivity (Wildman–Crippen MR) is 87.3 cm³/mol. The molecule has 1 amide bonds. The number of nitrogens with zero attached hydrogens (tertiary/aromatic N) is 1. The maximum atomic E-state index is 12.2. The first kappa shape index (κ1) is 15.5. The van der Waals surface area contributed by atoms with Gasteiger partial charge in [-0.1, -0.05) is 15.9 Å². The summed E-state index contributed by atoms with van der Waals surface area (Å²) in [4.78, 5) is 22.4. The van der Waals surface area contributed by atoms with Crippen LogP contribution in [0.2, 0.25) is 0 Å². The number of nitro groups is 1. The van der Waals surface area contributed by atoms with Gasteiger partial charge in [0.2, 0.25) is 0 Å². The molecule has 0 heterocycles. The van der Waals surface area contributed by atoms with E-state index >= 15 is 0 Å². The van der Waals surface area contributed by atoms with Crippen molar-refractivity contribution in [1.29, 1.82) is 0 Å². The van der Waals surface area contributed by atoms with E-state index in [9.17, 15) is 14.9 Å². The lowest BCUT2D eigenvalue weighted by Gasteiger charge is -2.09. The molecular formula is C13H9Br2N3O3. The second-order valence-corrected chi connectivity index (χ2v) is 5.88. The number of hydrogen-bond donors (Lipinski definition) is 2. The molecule has 0 atom stereocenters. The zero-order valence-corrected chi connectivity index (χ0v) is 13.6. The third-order valence-electron chi connectivity index (χ3n) is 2.67. The zero-order valence-electron chi connectivity index (χ0n) is 10.5. The van der Waals surface area contributed by atoms with Gasteiger partial charge in [-0.3, -0.25) is 14.9 Å². The molecule has 8 heteroatoms. The zero-order chi connectivity index (χ0) is 15.6. The van der Waals surface area contributed by atoms with Gasteiger partial charge in [0.15, 0.2) is 0 Å². The molecule has 2 aromatic carbocycles.